The van der Waals surface area contributed by atoms with E-state index in [9.17, 15) is 4.79 Å². The molecular weight excluding hydrogens is 338 g/mol. The van der Waals surface area contributed by atoms with Crippen LogP contribution in [-0.4, -0.2) is 54.7 Å². The molecule has 1 heterocycles. The molecule has 2 N–H and O–H groups in total. The summed E-state index contributed by atoms with van der Waals surface area (Å²) >= 11 is 5.87. The molecular formula is C18H24ClN5O. The zero-order chi connectivity index (χ0) is 18.1. The third-order valence-electron chi connectivity index (χ3n) is 3.60. The van der Waals surface area contributed by atoms with E-state index in [1.165, 1.54) is 5.56 Å². The minimum atomic E-state index is -0.195. The van der Waals surface area contributed by atoms with Crippen LogP contribution in [0.25, 0.3) is 0 Å². The van der Waals surface area contributed by atoms with Gasteiger partial charge < -0.3 is 15.5 Å². The molecule has 0 unspecified atom stereocenters. The number of carbonyl (C=O) groups is 1. The fourth-order valence-corrected chi connectivity index (χ4v) is 2.35. The number of hydrogen-bond donors (Lipinski definition) is 2. The summed E-state index contributed by atoms with van der Waals surface area (Å²) in [6, 6.07) is 11.2. The van der Waals surface area contributed by atoms with Crippen LogP contribution in [0.15, 0.2) is 36.4 Å². The lowest BCUT2D eigenvalue weighted by Crippen LogP contribution is -2.28. The van der Waals surface area contributed by atoms with Crippen LogP contribution in [0.2, 0.25) is 5.02 Å². The summed E-state index contributed by atoms with van der Waals surface area (Å²) in [5.74, 6) is 0.456. The van der Waals surface area contributed by atoms with Gasteiger partial charge in [0.1, 0.15) is 5.82 Å². The number of amides is 1. The Kier molecular flexibility index (Phi) is 7.63. The number of benzene rings is 1. The van der Waals surface area contributed by atoms with E-state index in [4.69, 9.17) is 11.6 Å². The summed E-state index contributed by atoms with van der Waals surface area (Å²) in [6.45, 7) is 2.29. The van der Waals surface area contributed by atoms with Gasteiger partial charge in [-0.2, -0.15) is 0 Å². The third kappa shape index (κ3) is 7.07. The van der Waals surface area contributed by atoms with Crippen molar-refractivity contribution in [3.05, 3.63) is 52.7 Å². The van der Waals surface area contributed by atoms with Crippen molar-refractivity contribution in [1.29, 1.82) is 0 Å². The second-order valence-electron chi connectivity index (χ2n) is 6.02. The first-order valence-electron chi connectivity index (χ1n) is 8.29. The molecule has 1 aromatic carbocycles. The molecule has 0 aliphatic heterocycles. The molecule has 7 heteroatoms. The van der Waals surface area contributed by atoms with Crippen LogP contribution in [0, 0.1) is 0 Å². The smallest absolute Gasteiger partial charge is 0.271 e. The number of rotatable bonds is 9. The van der Waals surface area contributed by atoms with Crippen LogP contribution in [0.3, 0.4) is 0 Å². The van der Waals surface area contributed by atoms with E-state index in [0.717, 1.165) is 31.0 Å². The van der Waals surface area contributed by atoms with E-state index >= 15 is 0 Å². The summed E-state index contributed by atoms with van der Waals surface area (Å²) in [7, 11) is 4.01. The monoisotopic (exact) mass is 361 g/mol. The van der Waals surface area contributed by atoms with Crippen molar-refractivity contribution in [2.75, 3.05) is 39.0 Å². The molecule has 0 atom stereocenters. The van der Waals surface area contributed by atoms with Gasteiger partial charge in [-0.15, -0.1) is 10.2 Å². The van der Waals surface area contributed by atoms with Crippen LogP contribution >= 0.6 is 11.6 Å². The molecule has 1 aromatic heterocycles. The second kappa shape index (κ2) is 9.96. The zero-order valence-corrected chi connectivity index (χ0v) is 15.4. The number of carbonyl (C=O) groups excluding carboxylic acids is 1. The highest BCUT2D eigenvalue weighted by molar-refractivity contribution is 6.30. The molecule has 134 valence electrons. The normalized spacial score (nSPS) is 10.7. The Morgan fingerprint density at radius 3 is 2.48 bits per heavy atom. The minimum Gasteiger partial charge on any atom is -0.368 e. The minimum absolute atomic E-state index is 0.195. The number of nitrogens with zero attached hydrogens (tertiary/aromatic N) is 3. The van der Waals surface area contributed by atoms with Gasteiger partial charge in [-0.1, -0.05) is 23.7 Å². The van der Waals surface area contributed by atoms with Crippen LogP contribution < -0.4 is 10.6 Å². The summed E-state index contributed by atoms with van der Waals surface area (Å²) in [5, 5.41) is 14.8. The summed E-state index contributed by atoms with van der Waals surface area (Å²) in [4.78, 5) is 14.0. The molecule has 2 aromatic rings. The maximum atomic E-state index is 12.0. The van der Waals surface area contributed by atoms with Crippen LogP contribution in [0.4, 0.5) is 5.82 Å². The lowest BCUT2D eigenvalue weighted by atomic mass is 10.1. The molecule has 1 amide bonds. The first kappa shape index (κ1) is 19.1. The highest BCUT2D eigenvalue weighted by atomic mass is 35.5. The maximum Gasteiger partial charge on any atom is 0.271 e. The van der Waals surface area contributed by atoms with Gasteiger partial charge in [-0.05, 0) is 63.3 Å². The van der Waals surface area contributed by atoms with Crippen molar-refractivity contribution < 1.29 is 4.79 Å². The van der Waals surface area contributed by atoms with E-state index < -0.39 is 0 Å². The second-order valence-corrected chi connectivity index (χ2v) is 6.46. The van der Waals surface area contributed by atoms with Gasteiger partial charge in [-0.25, -0.2) is 0 Å². The first-order valence-corrected chi connectivity index (χ1v) is 8.67. The van der Waals surface area contributed by atoms with Crippen LogP contribution in [-0.2, 0) is 6.42 Å². The highest BCUT2D eigenvalue weighted by Gasteiger charge is 2.07. The molecule has 0 aliphatic rings. The molecule has 2 rings (SSSR count). The number of aromatic nitrogens is 2. The predicted octanol–water partition coefficient (Wildman–Crippen LogP) is 2.47. The molecule has 6 nitrogen and oxygen atoms in total. The van der Waals surface area contributed by atoms with Gasteiger partial charge in [0.15, 0.2) is 5.69 Å². The predicted molar refractivity (Wildman–Crippen MR) is 101 cm³/mol. The molecule has 0 bridgehead atoms. The standard InChI is InChI=1S/C18H24ClN5O/c1-24(2)13-3-11-21-18(25)16-8-9-17(23-22-16)20-12-10-14-4-6-15(19)7-5-14/h4-9H,3,10-13H2,1-2H3,(H,20,23)(H,21,25). The van der Waals surface area contributed by atoms with E-state index in [-0.39, 0.29) is 5.91 Å². The zero-order valence-electron chi connectivity index (χ0n) is 14.6. The first-order chi connectivity index (χ1) is 12.0. The van der Waals surface area contributed by atoms with Crippen molar-refractivity contribution in [3.8, 4) is 0 Å². The van der Waals surface area contributed by atoms with Gasteiger partial charge in [0.2, 0.25) is 0 Å². The van der Waals surface area contributed by atoms with Crippen molar-refractivity contribution in [3.63, 3.8) is 0 Å². The Morgan fingerprint density at radius 1 is 1.08 bits per heavy atom. The summed E-state index contributed by atoms with van der Waals surface area (Å²) in [6.07, 6.45) is 1.75. The summed E-state index contributed by atoms with van der Waals surface area (Å²) in [5.41, 5.74) is 1.52. The van der Waals surface area contributed by atoms with E-state index in [2.05, 4.69) is 25.7 Å². The Hall–Kier alpha value is -2.18. The molecule has 0 saturated carbocycles. The number of nitrogens with one attached hydrogen (secondary N) is 2. The molecule has 0 radical (unpaired) electrons. The topological polar surface area (TPSA) is 70.2 Å². The lowest BCUT2D eigenvalue weighted by Gasteiger charge is -2.09. The summed E-state index contributed by atoms with van der Waals surface area (Å²) < 4.78 is 0. The SMILES string of the molecule is CN(C)CCCNC(=O)c1ccc(NCCc2ccc(Cl)cc2)nn1. The number of hydrogen-bond acceptors (Lipinski definition) is 5. The van der Waals surface area contributed by atoms with Gasteiger partial charge in [0.05, 0.1) is 0 Å². The van der Waals surface area contributed by atoms with Gasteiger partial charge in [0.25, 0.3) is 5.91 Å². The molecule has 0 aliphatic carbocycles. The maximum absolute atomic E-state index is 12.0. The number of anilines is 1. The Bertz CT molecular complexity index is 658. The lowest BCUT2D eigenvalue weighted by molar-refractivity contribution is 0.0946. The van der Waals surface area contributed by atoms with E-state index in [1.807, 2.05) is 38.4 Å². The van der Waals surface area contributed by atoms with Gasteiger partial charge >= 0.3 is 0 Å². The molecule has 0 saturated heterocycles. The van der Waals surface area contributed by atoms with Crippen molar-refractivity contribution in [2.24, 2.45) is 0 Å². The van der Waals surface area contributed by atoms with E-state index in [0.29, 0.717) is 18.1 Å². The highest BCUT2D eigenvalue weighted by Crippen LogP contribution is 2.10. The fourth-order valence-electron chi connectivity index (χ4n) is 2.22. The third-order valence-corrected chi connectivity index (χ3v) is 3.85. The fraction of sp³-hybridized carbons (Fsp3) is 0.389. The van der Waals surface area contributed by atoms with E-state index in [1.54, 1.807) is 12.1 Å². The van der Waals surface area contributed by atoms with Crippen molar-refractivity contribution in [2.45, 2.75) is 12.8 Å². The number of halogens is 1. The molecule has 0 spiro atoms. The quantitative estimate of drug-likeness (QED) is 0.671. The average Bonchev–Trinajstić information content (AvgIpc) is 2.61. The average molecular weight is 362 g/mol. The Balaban J connectivity index is 1.73. The Labute approximate surface area is 153 Å². The van der Waals surface area contributed by atoms with Gasteiger partial charge in [0, 0.05) is 18.1 Å². The molecule has 0 fully saturated rings. The van der Waals surface area contributed by atoms with Crippen molar-refractivity contribution >= 4 is 23.3 Å². The molecule has 25 heavy (non-hydrogen) atoms. The van der Waals surface area contributed by atoms with Crippen molar-refractivity contribution in [1.82, 2.24) is 20.4 Å². The van der Waals surface area contributed by atoms with Crippen LogP contribution in [0.1, 0.15) is 22.5 Å². The largest absolute Gasteiger partial charge is 0.368 e. The Morgan fingerprint density at radius 2 is 1.84 bits per heavy atom. The van der Waals surface area contributed by atoms with Crippen LogP contribution in [0.5, 0.6) is 0 Å². The van der Waals surface area contributed by atoms with Gasteiger partial charge in [-0.3, -0.25) is 4.79 Å².